The lowest BCUT2D eigenvalue weighted by atomic mass is 10.0. The quantitative estimate of drug-likeness (QED) is 0.221. The fourth-order valence-electron chi connectivity index (χ4n) is 4.88. The van der Waals surface area contributed by atoms with E-state index in [2.05, 4.69) is 25.6 Å². The molecule has 0 aliphatic carbocycles. The van der Waals surface area contributed by atoms with Gasteiger partial charge in [-0.15, -0.1) is 5.71 Å². The molecule has 0 spiro atoms. The number of nitrogens with zero attached hydrogens (tertiary/aromatic N) is 5. The number of carbonyl (C=O) groups excluding carboxylic acids is 1. The number of hydrogen-bond donors (Lipinski definition) is 3. The largest absolute Gasteiger partial charge is 0.803 e. The van der Waals surface area contributed by atoms with E-state index in [4.69, 9.17) is 5.73 Å². The number of fused-ring (bicyclic) bond motifs is 2. The lowest BCUT2D eigenvalue weighted by Crippen LogP contribution is -2.24. The van der Waals surface area contributed by atoms with Gasteiger partial charge in [0.05, 0.1) is 22.4 Å². The van der Waals surface area contributed by atoms with Crippen molar-refractivity contribution in [3.63, 3.8) is 0 Å². The molecule has 0 radical (unpaired) electrons. The normalized spacial score (nSPS) is 11.1. The van der Waals surface area contributed by atoms with E-state index in [9.17, 15) is 15.0 Å². The first-order chi connectivity index (χ1) is 20.3. The van der Waals surface area contributed by atoms with Crippen LogP contribution in [-0.4, -0.2) is 31.1 Å². The van der Waals surface area contributed by atoms with Gasteiger partial charge in [0.1, 0.15) is 18.0 Å². The molecular weight excluding hydrogens is 548 g/mol. The monoisotopic (exact) mass is 573 g/mol. The maximum atomic E-state index is 13.7. The lowest BCUT2D eigenvalue weighted by molar-refractivity contribution is -0.114. The molecule has 3 aromatic carbocycles. The first-order valence-corrected chi connectivity index (χ1v) is 13.9. The molecule has 0 fully saturated rings. The van der Waals surface area contributed by atoms with Gasteiger partial charge in [0.15, 0.2) is 5.13 Å². The van der Waals surface area contributed by atoms with Crippen LogP contribution < -0.4 is 21.9 Å². The van der Waals surface area contributed by atoms with Gasteiger partial charge in [-0.2, -0.15) is 0 Å². The summed E-state index contributed by atoms with van der Waals surface area (Å²) < 4.78 is 2.47. The molecule has 0 aliphatic heterocycles. The molecule has 4 N–H and O–H groups in total. The number of nitrogens with two attached hydrogens (primary N) is 1. The highest BCUT2D eigenvalue weighted by Crippen LogP contribution is 2.30. The molecule has 0 bridgehead atoms. The highest BCUT2D eigenvalue weighted by Gasteiger charge is 2.16. The van der Waals surface area contributed by atoms with Crippen LogP contribution in [0.2, 0.25) is 0 Å². The number of aryl methyl sites for hydroxylation is 1. The zero-order valence-corrected chi connectivity index (χ0v) is 23.6. The molecule has 6 rings (SSSR count). The van der Waals surface area contributed by atoms with Crippen molar-refractivity contribution in [2.24, 2.45) is 0 Å². The first kappa shape index (κ1) is 26.8. The molecule has 0 aliphatic rings. The Hall–Kier alpha value is -5.42. The van der Waals surface area contributed by atoms with Gasteiger partial charge in [-0.05, 0) is 53.8 Å². The zero-order valence-electron chi connectivity index (χ0n) is 22.8. The molecule has 11 heteroatoms. The van der Waals surface area contributed by atoms with Gasteiger partial charge in [-0.3, -0.25) is 14.2 Å². The molecule has 3 heterocycles. The number of nitrogens with one attached hydrogen (secondary N) is 2. The molecule has 10 nitrogen and oxygen atoms in total. The number of para-hydroxylation sites is 1. The summed E-state index contributed by atoms with van der Waals surface area (Å²) in [6, 6.07) is 22.4. The third-order valence-corrected chi connectivity index (χ3v) is 7.79. The van der Waals surface area contributed by atoms with E-state index < -0.39 is 0 Å². The molecule has 6 aromatic rings. The van der Waals surface area contributed by atoms with Crippen molar-refractivity contribution < 1.29 is 4.79 Å². The Morgan fingerprint density at radius 2 is 1.83 bits per heavy atom. The van der Waals surface area contributed by atoms with Crippen LogP contribution in [0.4, 0.5) is 16.8 Å². The van der Waals surface area contributed by atoms with Crippen LogP contribution in [0, 0.1) is 6.92 Å². The van der Waals surface area contributed by atoms with Crippen LogP contribution >= 0.6 is 11.3 Å². The highest BCUT2D eigenvalue weighted by molar-refractivity contribution is 7.22. The van der Waals surface area contributed by atoms with Crippen LogP contribution in [0.3, 0.4) is 0 Å². The second-order valence-corrected chi connectivity index (χ2v) is 10.7. The summed E-state index contributed by atoms with van der Waals surface area (Å²) in [5.41, 5.74) is 9.82. The van der Waals surface area contributed by atoms with Crippen LogP contribution in [-0.2, 0) is 11.3 Å². The molecule has 0 atom stereocenters. The number of carbonyl (C=O) groups is 1. The highest BCUT2D eigenvalue weighted by atomic mass is 32.1. The molecule has 3 aromatic heterocycles. The van der Waals surface area contributed by atoms with E-state index in [-0.39, 0.29) is 35.1 Å². The topological polar surface area (TPSA) is 150 Å². The molecule has 0 saturated heterocycles. The maximum absolute atomic E-state index is 13.7. The van der Waals surface area contributed by atoms with Crippen LogP contribution in [0.25, 0.3) is 32.1 Å². The number of thiazole rings is 1. The number of rotatable bonds is 7. The van der Waals surface area contributed by atoms with Gasteiger partial charge in [0.2, 0.25) is 5.91 Å². The van der Waals surface area contributed by atoms with Crippen molar-refractivity contribution in [1.82, 2.24) is 19.5 Å². The minimum absolute atomic E-state index is 0.0862. The van der Waals surface area contributed by atoms with Gasteiger partial charge >= 0.3 is 0 Å². The van der Waals surface area contributed by atoms with Crippen molar-refractivity contribution >= 4 is 60.7 Å². The van der Waals surface area contributed by atoms with Crippen LogP contribution in [0.1, 0.15) is 29.3 Å². The fourth-order valence-corrected chi connectivity index (χ4v) is 5.83. The minimum atomic E-state index is -0.215. The second-order valence-electron chi connectivity index (χ2n) is 9.72. The van der Waals surface area contributed by atoms with Gasteiger partial charge in [0.25, 0.3) is 5.56 Å². The summed E-state index contributed by atoms with van der Waals surface area (Å²) in [4.78, 5) is 38.0. The summed E-state index contributed by atoms with van der Waals surface area (Å²) in [5, 5.41) is 19.3. The molecule has 1 amide bonds. The fraction of sp³-hybridized carbons (Fsp3) is 0.0968. The van der Waals surface area contributed by atoms with Crippen LogP contribution in [0.15, 0.2) is 83.9 Å². The number of anilines is 3. The molecule has 0 saturated carbocycles. The summed E-state index contributed by atoms with van der Waals surface area (Å²) in [5.74, 6) is 0.177. The predicted molar refractivity (Wildman–Crippen MR) is 169 cm³/mol. The van der Waals surface area contributed by atoms with E-state index in [1.165, 1.54) is 24.6 Å². The van der Waals surface area contributed by atoms with Gasteiger partial charge in [0, 0.05) is 23.6 Å². The van der Waals surface area contributed by atoms with Crippen molar-refractivity contribution in [1.29, 1.82) is 0 Å². The average Bonchev–Trinajstić information content (AvgIpc) is 3.37. The number of nitrogen functional groups attached to an aromatic ring is 1. The number of aromatic nitrogens is 4. The first-order valence-electron chi connectivity index (χ1n) is 13.1. The van der Waals surface area contributed by atoms with Gasteiger partial charge in [-0.25, -0.2) is 15.0 Å². The zero-order chi connectivity index (χ0) is 29.4. The summed E-state index contributed by atoms with van der Waals surface area (Å²) in [6.45, 7) is 3.59. The van der Waals surface area contributed by atoms with Crippen molar-refractivity contribution in [3.8, 4) is 5.69 Å². The van der Waals surface area contributed by atoms with Gasteiger partial charge in [-0.1, -0.05) is 53.8 Å². The Kier molecular flexibility index (Phi) is 6.93. The maximum Gasteiger partial charge on any atom is 0.263 e. The van der Waals surface area contributed by atoms with E-state index in [0.29, 0.717) is 33.1 Å². The minimum Gasteiger partial charge on any atom is -0.803 e. The number of benzene rings is 3. The number of pyridine rings is 1. The van der Waals surface area contributed by atoms with Crippen LogP contribution in [0.5, 0.6) is 0 Å². The van der Waals surface area contributed by atoms with E-state index >= 15 is 0 Å². The summed E-state index contributed by atoms with van der Waals surface area (Å²) in [7, 11) is 0. The van der Waals surface area contributed by atoms with E-state index in [0.717, 1.165) is 21.3 Å². The molecular formula is C31H25N8O2S-. The van der Waals surface area contributed by atoms with Crippen molar-refractivity contribution in [2.45, 2.75) is 20.4 Å². The Morgan fingerprint density at radius 3 is 2.64 bits per heavy atom. The smallest absolute Gasteiger partial charge is 0.263 e. The third-order valence-electron chi connectivity index (χ3n) is 6.86. The van der Waals surface area contributed by atoms with Gasteiger partial charge < -0.3 is 21.8 Å². The Balaban J connectivity index is 1.38. The summed E-state index contributed by atoms with van der Waals surface area (Å²) >= 11 is 1.29. The lowest BCUT2D eigenvalue weighted by Gasteiger charge is -2.21. The predicted octanol–water partition coefficient (Wildman–Crippen LogP) is 5.26. The van der Waals surface area contributed by atoms with E-state index in [1.807, 2.05) is 61.5 Å². The standard InChI is InChI=1S/C31H25N8O2S/c1-17-7-3-6-10-24(17)39-21(13-19-8-4-5-9-22(19)30(39)41)15-34-29-26(28(33)35-16-36-29)27(32)20-11-12-23-25(14-20)42-31(38-23)37-18(2)40/h3-14,16H,15H2,1-2H3,(H,37,38,40)(H3,33,34,35,36)/q-1. The van der Waals surface area contributed by atoms with Crippen molar-refractivity contribution in [3.05, 3.63) is 117 Å². The molecule has 0 unspecified atom stereocenters. The van der Waals surface area contributed by atoms with E-state index in [1.54, 1.807) is 22.8 Å². The Bertz CT molecular complexity index is 2080. The Labute approximate surface area is 244 Å². The van der Waals surface area contributed by atoms with Crippen molar-refractivity contribution in [2.75, 3.05) is 16.4 Å². The SMILES string of the molecule is CC(=O)Nc1nc2ccc(C(=[N-])c3c(N)ncnc3NCc3cc4ccccc4c(=O)n3-c3ccccc3C)cc2s1. The average molecular weight is 574 g/mol. The summed E-state index contributed by atoms with van der Waals surface area (Å²) in [6.07, 6.45) is 1.31. The second kappa shape index (κ2) is 10.9. The molecule has 208 valence electrons. The number of hydrogen-bond acceptors (Lipinski definition) is 8. The third kappa shape index (κ3) is 4.97. The molecule has 42 heavy (non-hydrogen) atoms. The number of amides is 1. The Morgan fingerprint density at radius 1 is 1.05 bits per heavy atom.